The lowest BCUT2D eigenvalue weighted by Gasteiger charge is -2.16. The second-order valence-corrected chi connectivity index (χ2v) is 6.48. The summed E-state index contributed by atoms with van der Waals surface area (Å²) in [5.41, 5.74) is 3.69. The summed E-state index contributed by atoms with van der Waals surface area (Å²) >= 11 is 5.89. The van der Waals surface area contributed by atoms with Crippen LogP contribution in [0, 0.1) is 10.5 Å². The van der Waals surface area contributed by atoms with Crippen molar-refractivity contribution in [3.8, 4) is 0 Å². The summed E-state index contributed by atoms with van der Waals surface area (Å²) < 4.78 is 2.41. The monoisotopic (exact) mass is 415 g/mol. The Bertz CT molecular complexity index is 537. The number of hydrogen-bond donors (Lipinski definition) is 1. The summed E-state index contributed by atoms with van der Waals surface area (Å²) in [6.07, 6.45) is 0. The molecule has 1 nitrogen and oxygen atoms in total. The van der Waals surface area contributed by atoms with Crippen molar-refractivity contribution in [2.75, 3.05) is 5.32 Å². The van der Waals surface area contributed by atoms with Crippen molar-refractivity contribution < 1.29 is 0 Å². The summed E-state index contributed by atoms with van der Waals surface area (Å²) in [4.78, 5) is 0. The van der Waals surface area contributed by atoms with Crippen LogP contribution in [-0.2, 0) is 0 Å². The fourth-order valence-electron chi connectivity index (χ4n) is 1.77. The molecule has 0 spiro atoms. The predicted octanol–water partition coefficient (Wildman–Crippen LogP) is 5.54. The largest absolute Gasteiger partial charge is 0.378 e. The van der Waals surface area contributed by atoms with Crippen molar-refractivity contribution in [1.29, 1.82) is 0 Å². The fraction of sp³-hybridized carbons (Fsp3) is 0.200. The number of aryl methyl sites for hydroxylation is 1. The zero-order valence-corrected chi connectivity index (χ0v) is 14.1. The van der Waals surface area contributed by atoms with E-state index < -0.39 is 0 Å². The standard InChI is InChI=1S/C15H15BrIN/c1-10-3-8-14(9-15(10)16)18-11(2)12-4-6-13(17)7-5-12/h3-9,11,18H,1-2H3. The van der Waals surface area contributed by atoms with Gasteiger partial charge in [-0.2, -0.15) is 0 Å². The first-order chi connectivity index (χ1) is 8.56. The summed E-state index contributed by atoms with van der Waals surface area (Å²) in [6.45, 7) is 4.27. The van der Waals surface area contributed by atoms with Crippen molar-refractivity contribution in [2.24, 2.45) is 0 Å². The van der Waals surface area contributed by atoms with Gasteiger partial charge < -0.3 is 5.32 Å². The first-order valence-corrected chi connectivity index (χ1v) is 7.71. The highest BCUT2D eigenvalue weighted by atomic mass is 127. The Morgan fingerprint density at radius 1 is 1.11 bits per heavy atom. The van der Waals surface area contributed by atoms with Gasteiger partial charge in [0.05, 0.1) is 0 Å². The minimum atomic E-state index is 0.302. The first-order valence-electron chi connectivity index (χ1n) is 5.84. The molecule has 1 atom stereocenters. The van der Waals surface area contributed by atoms with Crippen molar-refractivity contribution in [2.45, 2.75) is 19.9 Å². The van der Waals surface area contributed by atoms with Crippen LogP contribution in [0.3, 0.4) is 0 Å². The van der Waals surface area contributed by atoms with Gasteiger partial charge in [-0.25, -0.2) is 0 Å². The average Bonchev–Trinajstić information content (AvgIpc) is 2.34. The molecule has 0 aromatic heterocycles. The Kier molecular flexibility index (Phi) is 4.67. The lowest BCUT2D eigenvalue weighted by molar-refractivity contribution is 0.884. The maximum Gasteiger partial charge on any atom is 0.0485 e. The zero-order valence-electron chi connectivity index (χ0n) is 10.4. The third-order valence-electron chi connectivity index (χ3n) is 2.93. The maximum absolute atomic E-state index is 3.56. The zero-order chi connectivity index (χ0) is 13.1. The van der Waals surface area contributed by atoms with Crippen LogP contribution in [0.25, 0.3) is 0 Å². The molecule has 2 rings (SSSR count). The molecule has 0 heterocycles. The number of nitrogens with one attached hydrogen (secondary N) is 1. The normalized spacial score (nSPS) is 12.2. The van der Waals surface area contributed by atoms with Crippen LogP contribution in [-0.4, -0.2) is 0 Å². The molecule has 0 aliphatic carbocycles. The van der Waals surface area contributed by atoms with Gasteiger partial charge in [-0.3, -0.25) is 0 Å². The fourth-order valence-corrected chi connectivity index (χ4v) is 2.51. The molecule has 18 heavy (non-hydrogen) atoms. The average molecular weight is 416 g/mol. The highest BCUT2D eigenvalue weighted by Crippen LogP contribution is 2.24. The second kappa shape index (κ2) is 6.06. The van der Waals surface area contributed by atoms with E-state index >= 15 is 0 Å². The molecule has 0 fully saturated rings. The lowest BCUT2D eigenvalue weighted by Crippen LogP contribution is -2.06. The molecule has 94 valence electrons. The maximum atomic E-state index is 3.56. The van der Waals surface area contributed by atoms with Gasteiger partial charge in [0.15, 0.2) is 0 Å². The van der Waals surface area contributed by atoms with Crippen molar-refractivity contribution in [1.82, 2.24) is 0 Å². The summed E-state index contributed by atoms with van der Waals surface area (Å²) in [7, 11) is 0. The first kappa shape index (κ1) is 13.9. The van der Waals surface area contributed by atoms with Gasteiger partial charge in [0.1, 0.15) is 0 Å². The highest BCUT2D eigenvalue weighted by Gasteiger charge is 2.05. The van der Waals surface area contributed by atoms with Crippen molar-refractivity contribution >= 4 is 44.2 Å². The van der Waals surface area contributed by atoms with E-state index in [9.17, 15) is 0 Å². The van der Waals surface area contributed by atoms with Gasteiger partial charge in [0, 0.05) is 19.8 Å². The molecule has 0 aliphatic heterocycles. The molecular formula is C15H15BrIN. The minimum absolute atomic E-state index is 0.302. The van der Waals surface area contributed by atoms with Crippen LogP contribution in [0.5, 0.6) is 0 Å². The van der Waals surface area contributed by atoms with Gasteiger partial charge in [0.2, 0.25) is 0 Å². The number of rotatable bonds is 3. The van der Waals surface area contributed by atoms with Crippen LogP contribution in [0.2, 0.25) is 0 Å². The van der Waals surface area contributed by atoms with E-state index in [4.69, 9.17) is 0 Å². The summed E-state index contributed by atoms with van der Waals surface area (Å²) in [5.74, 6) is 0. The number of hydrogen-bond acceptors (Lipinski definition) is 1. The van der Waals surface area contributed by atoms with Crippen molar-refractivity contribution in [3.63, 3.8) is 0 Å². The number of anilines is 1. The van der Waals surface area contributed by atoms with E-state index in [0.717, 1.165) is 10.2 Å². The molecule has 0 aliphatic rings. The van der Waals surface area contributed by atoms with E-state index in [1.807, 2.05) is 0 Å². The Morgan fingerprint density at radius 3 is 2.39 bits per heavy atom. The molecule has 0 amide bonds. The molecule has 2 aromatic carbocycles. The van der Waals surface area contributed by atoms with Crippen molar-refractivity contribution in [3.05, 3.63) is 61.6 Å². The van der Waals surface area contributed by atoms with Crippen LogP contribution in [0.15, 0.2) is 46.9 Å². The van der Waals surface area contributed by atoms with Crippen LogP contribution in [0.1, 0.15) is 24.1 Å². The predicted molar refractivity (Wildman–Crippen MR) is 90.1 cm³/mol. The van der Waals surface area contributed by atoms with Gasteiger partial charge in [0.25, 0.3) is 0 Å². The number of benzene rings is 2. The number of halogens is 2. The minimum Gasteiger partial charge on any atom is -0.378 e. The molecule has 0 bridgehead atoms. The van der Waals surface area contributed by atoms with E-state index in [0.29, 0.717) is 6.04 Å². The van der Waals surface area contributed by atoms with Gasteiger partial charge in [-0.1, -0.05) is 34.1 Å². The molecule has 0 radical (unpaired) electrons. The summed E-state index contributed by atoms with van der Waals surface area (Å²) in [6, 6.07) is 15.3. The third kappa shape index (κ3) is 3.48. The molecule has 3 heteroatoms. The van der Waals surface area contributed by atoms with Gasteiger partial charge >= 0.3 is 0 Å². The molecule has 0 saturated carbocycles. The quantitative estimate of drug-likeness (QED) is 0.649. The van der Waals surface area contributed by atoms with Gasteiger partial charge in [-0.15, -0.1) is 0 Å². The van der Waals surface area contributed by atoms with Crippen LogP contribution >= 0.6 is 38.5 Å². The Hall–Kier alpha value is -0.550. The molecule has 1 N–H and O–H groups in total. The topological polar surface area (TPSA) is 12.0 Å². The second-order valence-electron chi connectivity index (χ2n) is 4.38. The van der Waals surface area contributed by atoms with Crippen LogP contribution < -0.4 is 5.32 Å². The van der Waals surface area contributed by atoms with Gasteiger partial charge in [-0.05, 0) is 71.8 Å². The smallest absolute Gasteiger partial charge is 0.0485 e. The molecule has 0 saturated heterocycles. The van der Waals surface area contributed by atoms with E-state index in [1.165, 1.54) is 14.7 Å². The lowest BCUT2D eigenvalue weighted by atomic mass is 10.1. The van der Waals surface area contributed by atoms with E-state index in [1.54, 1.807) is 0 Å². The Morgan fingerprint density at radius 2 is 1.78 bits per heavy atom. The van der Waals surface area contributed by atoms with Crippen LogP contribution in [0.4, 0.5) is 5.69 Å². The Balaban J connectivity index is 2.13. The molecular weight excluding hydrogens is 401 g/mol. The molecule has 2 aromatic rings. The van der Waals surface area contributed by atoms with E-state index in [-0.39, 0.29) is 0 Å². The van der Waals surface area contributed by atoms with E-state index in [2.05, 4.69) is 100 Å². The summed E-state index contributed by atoms with van der Waals surface area (Å²) in [5, 5.41) is 3.51. The molecule has 1 unspecified atom stereocenters. The highest BCUT2D eigenvalue weighted by molar-refractivity contribution is 14.1. The SMILES string of the molecule is Cc1ccc(NC(C)c2ccc(I)cc2)cc1Br. The third-order valence-corrected chi connectivity index (χ3v) is 4.50. The Labute approximate surface area is 130 Å².